The third-order valence-corrected chi connectivity index (χ3v) is 5.10. The maximum Gasteiger partial charge on any atom is 0.273 e. The number of rotatable bonds is 11. The number of methoxy groups -OCH3 is 1. The standard InChI is InChI=1S/C21H23FN4O4S/c1-29-12-10-26(9-8-19(27)23-13-15-5-4-11-30-15)20(28)18-14-31-21(25-18)24-17-7-3-2-6-16(17)22/h2-7,11,14H,8-10,12-13H2,1H3,(H,23,27)(H,24,25). The Morgan fingerprint density at radius 1 is 1.23 bits per heavy atom. The topological polar surface area (TPSA) is 96.7 Å². The first kappa shape index (κ1) is 22.4. The van der Waals surface area contributed by atoms with Gasteiger partial charge in [0.1, 0.15) is 17.3 Å². The molecular formula is C21H23FN4O4S. The lowest BCUT2D eigenvalue weighted by molar-refractivity contribution is -0.121. The normalized spacial score (nSPS) is 10.6. The van der Waals surface area contributed by atoms with Gasteiger partial charge in [0.05, 0.1) is 25.1 Å². The van der Waals surface area contributed by atoms with Crippen LogP contribution >= 0.6 is 11.3 Å². The Morgan fingerprint density at radius 2 is 2.06 bits per heavy atom. The number of amides is 2. The molecule has 31 heavy (non-hydrogen) atoms. The predicted molar refractivity (Wildman–Crippen MR) is 115 cm³/mol. The number of anilines is 2. The second-order valence-electron chi connectivity index (χ2n) is 6.53. The van der Waals surface area contributed by atoms with Gasteiger partial charge in [0.25, 0.3) is 5.91 Å². The molecule has 0 bridgehead atoms. The van der Waals surface area contributed by atoms with Crippen LogP contribution in [0.5, 0.6) is 0 Å². The van der Waals surface area contributed by atoms with Gasteiger partial charge in [-0.3, -0.25) is 9.59 Å². The van der Waals surface area contributed by atoms with Crippen LogP contribution in [-0.2, 0) is 16.1 Å². The summed E-state index contributed by atoms with van der Waals surface area (Å²) in [6.07, 6.45) is 1.66. The number of ether oxygens (including phenoxy) is 1. The van der Waals surface area contributed by atoms with E-state index in [1.807, 2.05) is 0 Å². The number of hydrogen-bond acceptors (Lipinski definition) is 7. The van der Waals surface area contributed by atoms with Gasteiger partial charge in [-0.15, -0.1) is 11.3 Å². The van der Waals surface area contributed by atoms with Crippen LogP contribution in [0.2, 0.25) is 0 Å². The van der Waals surface area contributed by atoms with Crippen molar-refractivity contribution in [3.05, 3.63) is 65.3 Å². The summed E-state index contributed by atoms with van der Waals surface area (Å²) in [6.45, 7) is 1.13. The fourth-order valence-electron chi connectivity index (χ4n) is 2.71. The van der Waals surface area contributed by atoms with Crippen LogP contribution in [0.15, 0.2) is 52.5 Å². The molecule has 0 saturated heterocycles. The third kappa shape index (κ3) is 6.63. The van der Waals surface area contributed by atoms with Crippen molar-refractivity contribution in [3.63, 3.8) is 0 Å². The smallest absolute Gasteiger partial charge is 0.273 e. The summed E-state index contributed by atoms with van der Waals surface area (Å²) < 4.78 is 24.1. The van der Waals surface area contributed by atoms with Gasteiger partial charge in [0, 0.05) is 32.0 Å². The molecule has 0 aliphatic heterocycles. The number of hydrogen-bond donors (Lipinski definition) is 2. The van der Waals surface area contributed by atoms with Crippen molar-refractivity contribution in [3.8, 4) is 0 Å². The van der Waals surface area contributed by atoms with E-state index < -0.39 is 5.82 Å². The summed E-state index contributed by atoms with van der Waals surface area (Å²) >= 11 is 1.20. The van der Waals surface area contributed by atoms with Crippen LogP contribution in [0.3, 0.4) is 0 Å². The SMILES string of the molecule is COCCN(CCC(=O)NCc1ccco1)C(=O)c1csc(Nc2ccccc2F)n1. The van der Waals surface area contributed by atoms with E-state index in [0.717, 1.165) is 0 Å². The van der Waals surface area contributed by atoms with Crippen LogP contribution < -0.4 is 10.6 Å². The highest BCUT2D eigenvalue weighted by atomic mass is 32.1. The summed E-state index contributed by atoms with van der Waals surface area (Å²) in [5.41, 5.74) is 0.497. The molecule has 2 N–H and O–H groups in total. The lowest BCUT2D eigenvalue weighted by Crippen LogP contribution is -2.37. The molecule has 0 aliphatic carbocycles. The highest BCUT2D eigenvalue weighted by molar-refractivity contribution is 7.14. The van der Waals surface area contributed by atoms with E-state index in [1.54, 1.807) is 35.7 Å². The van der Waals surface area contributed by atoms with E-state index in [9.17, 15) is 14.0 Å². The Labute approximate surface area is 183 Å². The third-order valence-electron chi connectivity index (χ3n) is 4.34. The minimum Gasteiger partial charge on any atom is -0.467 e. The van der Waals surface area contributed by atoms with Gasteiger partial charge >= 0.3 is 0 Å². The van der Waals surface area contributed by atoms with Crippen LogP contribution in [0.4, 0.5) is 15.2 Å². The molecule has 10 heteroatoms. The van der Waals surface area contributed by atoms with Gasteiger partial charge < -0.3 is 24.7 Å². The Hall–Kier alpha value is -3.24. The highest BCUT2D eigenvalue weighted by Gasteiger charge is 2.20. The van der Waals surface area contributed by atoms with Crippen molar-refractivity contribution in [1.82, 2.24) is 15.2 Å². The van der Waals surface area contributed by atoms with Crippen molar-refractivity contribution in [2.24, 2.45) is 0 Å². The average Bonchev–Trinajstić information content (AvgIpc) is 3.46. The van der Waals surface area contributed by atoms with E-state index >= 15 is 0 Å². The van der Waals surface area contributed by atoms with E-state index in [-0.39, 0.29) is 42.7 Å². The van der Waals surface area contributed by atoms with Crippen LogP contribution in [0.25, 0.3) is 0 Å². The number of halogens is 1. The van der Waals surface area contributed by atoms with Crippen molar-refractivity contribution < 1.29 is 23.1 Å². The van der Waals surface area contributed by atoms with E-state index in [2.05, 4.69) is 15.6 Å². The molecule has 3 rings (SSSR count). The van der Waals surface area contributed by atoms with Crippen LogP contribution in [-0.4, -0.2) is 48.5 Å². The van der Waals surface area contributed by atoms with Crippen LogP contribution in [0.1, 0.15) is 22.7 Å². The van der Waals surface area contributed by atoms with Crippen molar-refractivity contribution in [2.75, 3.05) is 32.1 Å². The minimum absolute atomic E-state index is 0.126. The molecule has 164 valence electrons. The maximum atomic E-state index is 13.8. The second kappa shape index (κ2) is 11.2. The Morgan fingerprint density at radius 3 is 2.81 bits per heavy atom. The fourth-order valence-corrected chi connectivity index (χ4v) is 3.41. The van der Waals surface area contributed by atoms with E-state index in [4.69, 9.17) is 9.15 Å². The first-order valence-corrected chi connectivity index (χ1v) is 10.5. The quantitative estimate of drug-likeness (QED) is 0.469. The number of benzene rings is 1. The monoisotopic (exact) mass is 446 g/mol. The summed E-state index contributed by atoms with van der Waals surface area (Å²) in [7, 11) is 1.54. The molecule has 2 aromatic heterocycles. The molecule has 0 fully saturated rings. The molecular weight excluding hydrogens is 423 g/mol. The number of thiazole rings is 1. The molecule has 0 aliphatic rings. The zero-order chi connectivity index (χ0) is 22.1. The van der Waals surface area contributed by atoms with Gasteiger partial charge in [-0.2, -0.15) is 0 Å². The van der Waals surface area contributed by atoms with Gasteiger partial charge in [-0.05, 0) is 24.3 Å². The molecule has 0 unspecified atom stereocenters. The molecule has 0 radical (unpaired) electrons. The molecule has 3 aromatic rings. The summed E-state index contributed by atoms with van der Waals surface area (Å²) in [5, 5.41) is 7.62. The van der Waals surface area contributed by atoms with Gasteiger partial charge in [0.15, 0.2) is 5.13 Å². The Bertz CT molecular complexity index is 993. The summed E-state index contributed by atoms with van der Waals surface area (Å²) in [4.78, 5) is 30.8. The van der Waals surface area contributed by atoms with Crippen molar-refractivity contribution in [2.45, 2.75) is 13.0 Å². The Kier molecular flexibility index (Phi) is 8.13. The van der Waals surface area contributed by atoms with Gasteiger partial charge in [-0.25, -0.2) is 9.37 Å². The number of carbonyl (C=O) groups excluding carboxylic acids is 2. The number of nitrogens with one attached hydrogen (secondary N) is 2. The first-order valence-electron chi connectivity index (χ1n) is 9.61. The lowest BCUT2D eigenvalue weighted by Gasteiger charge is -2.21. The number of carbonyl (C=O) groups is 2. The highest BCUT2D eigenvalue weighted by Crippen LogP contribution is 2.23. The maximum absolute atomic E-state index is 13.8. The number of nitrogens with zero attached hydrogens (tertiary/aromatic N) is 2. The van der Waals surface area contributed by atoms with Crippen molar-refractivity contribution in [1.29, 1.82) is 0 Å². The van der Waals surface area contributed by atoms with Crippen molar-refractivity contribution >= 4 is 34.0 Å². The molecule has 0 saturated carbocycles. The summed E-state index contributed by atoms with van der Waals surface area (Å²) in [5.74, 6) is -0.286. The largest absolute Gasteiger partial charge is 0.467 e. The molecule has 8 nitrogen and oxygen atoms in total. The zero-order valence-electron chi connectivity index (χ0n) is 17.0. The predicted octanol–water partition coefficient (Wildman–Crippen LogP) is 3.41. The summed E-state index contributed by atoms with van der Waals surface area (Å²) in [6, 6.07) is 9.74. The van der Waals surface area contributed by atoms with E-state index in [1.165, 1.54) is 35.7 Å². The first-order chi connectivity index (χ1) is 15.1. The van der Waals surface area contributed by atoms with Crippen LogP contribution in [0, 0.1) is 5.82 Å². The molecule has 0 atom stereocenters. The van der Waals surface area contributed by atoms with Gasteiger partial charge in [0.2, 0.25) is 5.91 Å². The zero-order valence-corrected chi connectivity index (χ0v) is 17.8. The molecule has 0 spiro atoms. The molecule has 1 aromatic carbocycles. The minimum atomic E-state index is -0.409. The molecule has 2 amide bonds. The van der Waals surface area contributed by atoms with Gasteiger partial charge in [-0.1, -0.05) is 12.1 Å². The Balaban J connectivity index is 1.58. The second-order valence-corrected chi connectivity index (χ2v) is 7.39. The molecule has 2 heterocycles. The number of furan rings is 1. The fraction of sp³-hybridized carbons (Fsp3) is 0.286. The number of aromatic nitrogens is 1. The average molecular weight is 447 g/mol. The van der Waals surface area contributed by atoms with E-state index in [0.29, 0.717) is 24.0 Å². The lowest BCUT2D eigenvalue weighted by atomic mass is 10.3. The number of para-hydroxylation sites is 1.